The number of aliphatic carboxylic acids is 1. The third-order valence-electron chi connectivity index (χ3n) is 10.7. The summed E-state index contributed by atoms with van der Waals surface area (Å²) in [4.78, 5) is 37.6. The largest absolute Gasteiger partial charge is 0.481 e. The molecule has 0 heterocycles. The van der Waals surface area contributed by atoms with Crippen LogP contribution in [0.4, 0.5) is 0 Å². The molecule has 0 aromatic rings. The van der Waals surface area contributed by atoms with Crippen molar-refractivity contribution in [2.75, 3.05) is 0 Å². The van der Waals surface area contributed by atoms with Crippen LogP contribution in [0.25, 0.3) is 0 Å². The van der Waals surface area contributed by atoms with Crippen LogP contribution in [0.1, 0.15) is 86.0 Å². The lowest BCUT2D eigenvalue weighted by molar-refractivity contribution is -0.140. The van der Waals surface area contributed by atoms with Crippen LogP contribution in [0.5, 0.6) is 0 Å². The Hall–Kier alpha value is -1.75. The van der Waals surface area contributed by atoms with Crippen molar-refractivity contribution in [1.29, 1.82) is 0 Å². The van der Waals surface area contributed by atoms with E-state index in [4.69, 9.17) is 0 Å². The number of fused-ring (bicyclic) bond motifs is 4. The zero-order valence-electron chi connectivity index (χ0n) is 21.5. The smallest absolute Gasteiger partial charge is 0.310 e. The zero-order chi connectivity index (χ0) is 25.2. The lowest BCUT2D eigenvalue weighted by atomic mass is 9.48. The van der Waals surface area contributed by atoms with Crippen molar-refractivity contribution >= 4 is 17.5 Å². The summed E-state index contributed by atoms with van der Waals surface area (Å²) in [6.45, 7) is 14.3. The Bertz CT molecular complexity index is 946. The highest BCUT2D eigenvalue weighted by Gasteiger charge is 2.61. The Morgan fingerprint density at radius 2 is 1.88 bits per heavy atom. The van der Waals surface area contributed by atoms with Gasteiger partial charge in [0.2, 0.25) is 0 Å². The molecule has 2 N–H and O–H groups in total. The SMILES string of the molecule is C=C(CC[C@@H](C)[C@H]1CC[C@H]2C3=C(C(=O)C[C@]12C)[C@@]1(C)CCC(=O)[C@@H](C)[C@@H]1C[C@@H]3O)[C@H](C)C(=O)O. The van der Waals surface area contributed by atoms with Gasteiger partial charge in [0, 0.05) is 29.7 Å². The van der Waals surface area contributed by atoms with Crippen molar-refractivity contribution in [3.63, 3.8) is 0 Å². The third-order valence-corrected chi connectivity index (χ3v) is 10.7. The first-order chi connectivity index (χ1) is 15.8. The fraction of sp³-hybridized carbons (Fsp3) is 0.759. The van der Waals surface area contributed by atoms with Crippen molar-refractivity contribution in [2.45, 2.75) is 92.1 Å². The predicted octanol–water partition coefficient (Wildman–Crippen LogP) is 5.37. The first-order valence-corrected chi connectivity index (χ1v) is 13.2. The number of allylic oxidation sites excluding steroid dienone is 1. The summed E-state index contributed by atoms with van der Waals surface area (Å²) in [6.07, 6.45) is 5.24. The maximum Gasteiger partial charge on any atom is 0.310 e. The minimum Gasteiger partial charge on any atom is -0.481 e. The molecule has 4 rings (SSSR count). The Morgan fingerprint density at radius 1 is 1.21 bits per heavy atom. The summed E-state index contributed by atoms with van der Waals surface area (Å²) < 4.78 is 0. The molecule has 2 saturated carbocycles. The van der Waals surface area contributed by atoms with Gasteiger partial charge in [-0.3, -0.25) is 14.4 Å². The normalized spacial score (nSPS) is 41.4. The maximum absolute atomic E-state index is 13.8. The summed E-state index contributed by atoms with van der Waals surface area (Å²) in [5.74, 6) is -0.0967. The van der Waals surface area contributed by atoms with Gasteiger partial charge in [-0.05, 0) is 80.1 Å². The zero-order valence-corrected chi connectivity index (χ0v) is 21.5. The Kier molecular flexibility index (Phi) is 6.50. The molecule has 0 unspecified atom stereocenters. The number of carboxylic acid groups (broad SMARTS) is 1. The minimum absolute atomic E-state index is 0.0363. The number of ketones is 2. The van der Waals surface area contributed by atoms with Crippen molar-refractivity contribution in [3.05, 3.63) is 23.3 Å². The molecule has 0 aliphatic heterocycles. The second-order valence-electron chi connectivity index (χ2n) is 12.4. The van der Waals surface area contributed by atoms with Crippen molar-refractivity contribution in [2.24, 2.45) is 46.3 Å². The molecule has 4 aliphatic carbocycles. The number of carbonyl (C=O) groups excluding carboxylic acids is 2. The van der Waals surface area contributed by atoms with E-state index in [0.29, 0.717) is 43.9 Å². The molecule has 5 nitrogen and oxygen atoms in total. The second-order valence-corrected chi connectivity index (χ2v) is 12.4. The van der Waals surface area contributed by atoms with Gasteiger partial charge in [-0.2, -0.15) is 0 Å². The van der Waals surface area contributed by atoms with Gasteiger partial charge in [-0.15, -0.1) is 0 Å². The van der Waals surface area contributed by atoms with Crippen LogP contribution in [0.2, 0.25) is 0 Å². The molecule has 188 valence electrons. The van der Waals surface area contributed by atoms with Crippen LogP contribution < -0.4 is 0 Å². The first kappa shape index (κ1) is 25.3. The maximum atomic E-state index is 13.8. The minimum atomic E-state index is -0.834. The van der Waals surface area contributed by atoms with Gasteiger partial charge in [-0.25, -0.2) is 0 Å². The molecular weight excluding hydrogens is 428 g/mol. The van der Waals surface area contributed by atoms with E-state index in [9.17, 15) is 24.6 Å². The Balaban J connectivity index is 1.61. The number of hydrogen-bond donors (Lipinski definition) is 2. The van der Waals surface area contributed by atoms with E-state index in [1.165, 1.54) is 0 Å². The first-order valence-electron chi connectivity index (χ1n) is 13.2. The molecule has 2 fully saturated rings. The van der Waals surface area contributed by atoms with E-state index in [-0.39, 0.29) is 40.2 Å². The van der Waals surface area contributed by atoms with Gasteiger partial charge in [0.15, 0.2) is 5.78 Å². The Morgan fingerprint density at radius 3 is 2.53 bits per heavy atom. The van der Waals surface area contributed by atoms with E-state index < -0.39 is 18.0 Å². The van der Waals surface area contributed by atoms with E-state index >= 15 is 0 Å². The standard InChI is InChI=1S/C29H42O5/c1-15(17(3)27(33)34)7-8-16(2)19-9-10-20-25-23(31)13-21-18(4)22(30)11-12-28(21,5)26(25)24(32)14-29(19,20)6/h16-21,23,31H,1,7-14H2,2-6H3,(H,33,34)/t16-,17+,18+,19-,20+,21+,23+,28+,29-/m1/s1. The summed E-state index contributed by atoms with van der Waals surface area (Å²) in [7, 11) is 0. The lowest BCUT2D eigenvalue weighted by Crippen LogP contribution is -2.54. The second kappa shape index (κ2) is 8.72. The quantitative estimate of drug-likeness (QED) is 0.509. The van der Waals surface area contributed by atoms with Gasteiger partial charge in [-0.1, -0.05) is 39.8 Å². The predicted molar refractivity (Wildman–Crippen MR) is 131 cm³/mol. The van der Waals surface area contributed by atoms with Gasteiger partial charge in [0.1, 0.15) is 5.78 Å². The monoisotopic (exact) mass is 470 g/mol. The fourth-order valence-corrected chi connectivity index (χ4v) is 8.50. The highest BCUT2D eigenvalue weighted by molar-refractivity contribution is 6.00. The molecule has 5 heteroatoms. The van der Waals surface area contributed by atoms with Crippen molar-refractivity contribution in [3.8, 4) is 0 Å². The molecular formula is C29H42O5. The van der Waals surface area contributed by atoms with Crippen LogP contribution in [0.3, 0.4) is 0 Å². The topological polar surface area (TPSA) is 91.7 Å². The van der Waals surface area contributed by atoms with Crippen LogP contribution in [0, 0.1) is 46.3 Å². The summed E-state index contributed by atoms with van der Waals surface area (Å²) >= 11 is 0. The average molecular weight is 471 g/mol. The number of hydrogen-bond acceptors (Lipinski definition) is 4. The highest BCUT2D eigenvalue weighted by atomic mass is 16.4. The van der Waals surface area contributed by atoms with Crippen LogP contribution in [-0.4, -0.2) is 33.9 Å². The molecule has 4 aliphatic rings. The lowest BCUT2D eigenvalue weighted by Gasteiger charge is -2.55. The molecule has 0 saturated heterocycles. The number of rotatable bonds is 6. The molecule has 0 aromatic carbocycles. The molecule has 0 radical (unpaired) electrons. The van der Waals surface area contributed by atoms with E-state index in [0.717, 1.165) is 36.0 Å². The number of Topliss-reactive ketones (excluding diaryl/α,β-unsaturated/α-hetero) is 2. The van der Waals surface area contributed by atoms with Crippen molar-refractivity contribution < 1.29 is 24.6 Å². The van der Waals surface area contributed by atoms with E-state index in [2.05, 4.69) is 27.4 Å². The van der Waals surface area contributed by atoms with E-state index in [1.807, 2.05) is 6.92 Å². The molecule has 9 atom stereocenters. The number of aliphatic hydroxyl groups is 1. The fourth-order valence-electron chi connectivity index (χ4n) is 8.50. The van der Waals surface area contributed by atoms with E-state index in [1.54, 1.807) is 6.92 Å². The molecule has 0 bridgehead atoms. The van der Waals surface area contributed by atoms with Gasteiger partial charge < -0.3 is 10.2 Å². The van der Waals surface area contributed by atoms with Crippen LogP contribution in [-0.2, 0) is 14.4 Å². The molecule has 0 spiro atoms. The summed E-state index contributed by atoms with van der Waals surface area (Å²) in [5, 5.41) is 20.6. The number of carboxylic acids is 1. The van der Waals surface area contributed by atoms with Gasteiger partial charge >= 0.3 is 5.97 Å². The number of carbonyl (C=O) groups is 3. The Labute approximate surface area is 204 Å². The summed E-state index contributed by atoms with van der Waals surface area (Å²) in [6, 6.07) is 0. The highest BCUT2D eigenvalue weighted by Crippen LogP contribution is 2.65. The molecule has 0 amide bonds. The molecule has 34 heavy (non-hydrogen) atoms. The van der Waals surface area contributed by atoms with Gasteiger partial charge in [0.05, 0.1) is 12.0 Å². The third kappa shape index (κ3) is 3.73. The summed E-state index contributed by atoms with van der Waals surface area (Å²) in [5.41, 5.74) is 2.13. The van der Waals surface area contributed by atoms with Crippen molar-refractivity contribution in [1.82, 2.24) is 0 Å². The van der Waals surface area contributed by atoms with Crippen LogP contribution >= 0.6 is 0 Å². The average Bonchev–Trinajstić information content (AvgIpc) is 3.11. The van der Waals surface area contributed by atoms with Gasteiger partial charge in [0.25, 0.3) is 0 Å². The van der Waals surface area contributed by atoms with Crippen LogP contribution in [0.15, 0.2) is 23.3 Å². The number of aliphatic hydroxyl groups excluding tert-OH is 1. The molecule has 0 aromatic heterocycles.